The van der Waals surface area contributed by atoms with Gasteiger partial charge in [-0.2, -0.15) is 0 Å². The lowest BCUT2D eigenvalue weighted by atomic mass is 10.2. The van der Waals surface area contributed by atoms with Gasteiger partial charge in [0.2, 0.25) is 0 Å². The first kappa shape index (κ1) is 16.0. The van der Waals surface area contributed by atoms with Gasteiger partial charge < -0.3 is 4.74 Å². The van der Waals surface area contributed by atoms with Gasteiger partial charge in [0.25, 0.3) is 0 Å². The van der Waals surface area contributed by atoms with Gasteiger partial charge in [-0.1, -0.05) is 48.1 Å². The molecule has 0 atom stereocenters. The van der Waals surface area contributed by atoms with Crippen molar-refractivity contribution in [3.8, 4) is 0 Å². The van der Waals surface area contributed by atoms with Crippen molar-refractivity contribution in [2.24, 2.45) is 0 Å². The van der Waals surface area contributed by atoms with Crippen molar-refractivity contribution in [3.63, 3.8) is 0 Å². The van der Waals surface area contributed by atoms with Gasteiger partial charge in [-0.05, 0) is 27.9 Å². The van der Waals surface area contributed by atoms with Gasteiger partial charge in [-0.3, -0.25) is 0 Å². The minimum Gasteiger partial charge on any atom is -0.458 e. The topological polar surface area (TPSA) is 26.3 Å². The van der Waals surface area contributed by atoms with Gasteiger partial charge >= 0.3 is 5.97 Å². The average molecular weight is 278 g/mol. The fraction of sp³-hybridized carbons (Fsp3) is 0.625. The largest absolute Gasteiger partial charge is 0.458 e. The second-order valence-electron chi connectivity index (χ2n) is 6.17. The van der Waals surface area contributed by atoms with Crippen molar-refractivity contribution in [2.75, 3.05) is 6.61 Å². The van der Waals surface area contributed by atoms with Crippen molar-refractivity contribution in [3.05, 3.63) is 29.2 Å². The van der Waals surface area contributed by atoms with Gasteiger partial charge in [-0.25, -0.2) is 4.79 Å². The molecule has 0 fully saturated rings. The lowest BCUT2D eigenvalue weighted by molar-refractivity contribution is -0.135. The van der Waals surface area contributed by atoms with E-state index in [1.54, 1.807) is 0 Å². The summed E-state index contributed by atoms with van der Waals surface area (Å²) in [6.07, 6.45) is 1.89. The predicted molar refractivity (Wildman–Crippen MR) is 82.7 cm³/mol. The highest BCUT2D eigenvalue weighted by molar-refractivity contribution is 6.91. The lowest BCUT2D eigenvalue weighted by Gasteiger charge is -2.44. The van der Waals surface area contributed by atoms with Gasteiger partial charge in [0.15, 0.2) is 0 Å². The van der Waals surface area contributed by atoms with Crippen molar-refractivity contribution in [2.45, 2.75) is 58.2 Å². The third kappa shape index (κ3) is 2.50. The zero-order valence-electron chi connectivity index (χ0n) is 13.0. The molecular formula is C16H26O2Si. The van der Waals surface area contributed by atoms with Crippen LogP contribution in [0.4, 0.5) is 0 Å². The first-order valence-electron chi connectivity index (χ1n) is 7.08. The standard InChI is InChI=1S/C16H26O2Si/c1-8-15(14-9-10-18-16(14)17)19(11(2)3,12(4)5)13(6)7/h9,11-13H,1,10H2,2-7H3. The zero-order chi connectivity index (χ0) is 14.8. The first-order valence-corrected chi connectivity index (χ1v) is 9.31. The fourth-order valence-electron chi connectivity index (χ4n) is 3.91. The fourth-order valence-corrected chi connectivity index (χ4v) is 10.6. The second kappa shape index (κ2) is 5.94. The van der Waals surface area contributed by atoms with Crippen LogP contribution in [0.2, 0.25) is 16.6 Å². The molecule has 0 amide bonds. The van der Waals surface area contributed by atoms with Crippen LogP contribution in [0.3, 0.4) is 0 Å². The van der Waals surface area contributed by atoms with Gasteiger partial charge in [0.1, 0.15) is 14.7 Å². The number of cyclic esters (lactones) is 1. The van der Waals surface area contributed by atoms with E-state index < -0.39 is 8.07 Å². The van der Waals surface area contributed by atoms with Crippen molar-refractivity contribution >= 4 is 14.0 Å². The van der Waals surface area contributed by atoms with E-state index in [1.165, 1.54) is 0 Å². The normalized spacial score (nSPS) is 15.8. The molecule has 0 aliphatic carbocycles. The number of ether oxygens (including phenoxy) is 1. The lowest BCUT2D eigenvalue weighted by Crippen LogP contribution is -2.47. The van der Waals surface area contributed by atoms with Crippen LogP contribution in [0.15, 0.2) is 29.2 Å². The van der Waals surface area contributed by atoms with Crippen LogP contribution in [0.25, 0.3) is 0 Å². The molecule has 0 unspecified atom stereocenters. The van der Waals surface area contributed by atoms with Crippen LogP contribution in [0, 0.1) is 0 Å². The quantitative estimate of drug-likeness (QED) is 0.423. The molecule has 0 aromatic rings. The maximum Gasteiger partial charge on any atom is 0.338 e. The average Bonchev–Trinajstić information content (AvgIpc) is 2.70. The van der Waals surface area contributed by atoms with Gasteiger partial charge in [-0.15, -0.1) is 5.73 Å². The smallest absolute Gasteiger partial charge is 0.338 e. The second-order valence-corrected chi connectivity index (χ2v) is 12.0. The minimum absolute atomic E-state index is 0.204. The molecule has 3 heteroatoms. The molecule has 1 aliphatic rings. The number of hydrogen-bond acceptors (Lipinski definition) is 2. The molecule has 0 spiro atoms. The van der Waals surface area contributed by atoms with E-state index in [2.05, 4.69) is 53.9 Å². The Labute approximate surface area is 118 Å². The Bertz CT molecular complexity index is 416. The first-order chi connectivity index (χ1) is 8.79. The molecule has 0 saturated carbocycles. The summed E-state index contributed by atoms with van der Waals surface area (Å²) in [4.78, 5) is 11.9. The molecule has 0 aromatic heterocycles. The molecule has 2 nitrogen and oxygen atoms in total. The highest BCUT2D eigenvalue weighted by Gasteiger charge is 2.48. The van der Waals surface area contributed by atoms with Crippen LogP contribution < -0.4 is 0 Å². The Balaban J connectivity index is 3.47. The molecule has 0 radical (unpaired) electrons. The number of rotatable bonds is 5. The molecule has 1 heterocycles. The minimum atomic E-state index is -1.89. The number of hydrogen-bond donors (Lipinski definition) is 0. The van der Waals surface area contributed by atoms with E-state index in [0.29, 0.717) is 23.2 Å². The third-order valence-corrected chi connectivity index (χ3v) is 11.5. The van der Waals surface area contributed by atoms with Crippen LogP contribution in [0.1, 0.15) is 41.5 Å². The SMILES string of the molecule is C=C=C(C1=CCOC1=O)[Si](C(C)C)(C(C)C)C(C)C. The Morgan fingerprint density at radius 2 is 1.68 bits per heavy atom. The highest BCUT2D eigenvalue weighted by atomic mass is 28.3. The van der Waals surface area contributed by atoms with E-state index in [4.69, 9.17) is 4.74 Å². The van der Waals surface area contributed by atoms with E-state index in [-0.39, 0.29) is 5.97 Å². The van der Waals surface area contributed by atoms with Crippen molar-refractivity contribution < 1.29 is 9.53 Å². The van der Waals surface area contributed by atoms with Crippen LogP contribution in [0.5, 0.6) is 0 Å². The van der Waals surface area contributed by atoms with Gasteiger partial charge in [0, 0.05) is 0 Å². The van der Waals surface area contributed by atoms with Crippen molar-refractivity contribution in [1.82, 2.24) is 0 Å². The van der Waals surface area contributed by atoms with Crippen LogP contribution in [-0.2, 0) is 9.53 Å². The van der Waals surface area contributed by atoms with Crippen LogP contribution in [-0.4, -0.2) is 20.7 Å². The molecule has 0 N–H and O–H groups in total. The highest BCUT2D eigenvalue weighted by Crippen LogP contribution is 2.48. The van der Waals surface area contributed by atoms with E-state index in [0.717, 1.165) is 10.8 Å². The molecule has 0 saturated heterocycles. The summed E-state index contributed by atoms with van der Waals surface area (Å²) in [6, 6.07) is 0. The Kier molecular flexibility index (Phi) is 5.00. The predicted octanol–water partition coefficient (Wildman–Crippen LogP) is 4.40. The van der Waals surface area contributed by atoms with Crippen LogP contribution >= 0.6 is 0 Å². The summed E-state index contributed by atoms with van der Waals surface area (Å²) in [6.45, 7) is 17.9. The molecular weight excluding hydrogens is 252 g/mol. The van der Waals surface area contributed by atoms with Crippen molar-refractivity contribution in [1.29, 1.82) is 0 Å². The third-order valence-electron chi connectivity index (χ3n) is 4.47. The monoisotopic (exact) mass is 278 g/mol. The van der Waals surface area contributed by atoms with Gasteiger partial charge in [0.05, 0.1) is 5.57 Å². The summed E-state index contributed by atoms with van der Waals surface area (Å²) < 4.78 is 5.08. The molecule has 0 aromatic carbocycles. The molecule has 106 valence electrons. The Morgan fingerprint density at radius 3 is 1.95 bits per heavy atom. The van der Waals surface area contributed by atoms with E-state index >= 15 is 0 Å². The molecule has 19 heavy (non-hydrogen) atoms. The number of carbonyl (C=O) groups excluding carboxylic acids is 1. The maximum atomic E-state index is 11.9. The number of esters is 1. The zero-order valence-corrected chi connectivity index (χ0v) is 14.0. The van der Waals surface area contributed by atoms with E-state index in [9.17, 15) is 4.79 Å². The number of carbonyl (C=O) groups is 1. The summed E-state index contributed by atoms with van der Waals surface area (Å²) >= 11 is 0. The molecule has 0 bridgehead atoms. The summed E-state index contributed by atoms with van der Waals surface area (Å²) in [5.41, 5.74) is 5.44. The Hall–Kier alpha value is -1.05. The summed E-state index contributed by atoms with van der Waals surface area (Å²) in [5, 5.41) is 1.06. The summed E-state index contributed by atoms with van der Waals surface area (Å²) in [7, 11) is -1.89. The maximum absolute atomic E-state index is 11.9. The summed E-state index contributed by atoms with van der Waals surface area (Å²) in [5.74, 6) is -0.204. The molecule has 1 aliphatic heterocycles. The molecule has 1 rings (SSSR count). The van der Waals surface area contributed by atoms with E-state index in [1.807, 2.05) is 6.08 Å². The Morgan fingerprint density at radius 1 is 1.21 bits per heavy atom.